The summed E-state index contributed by atoms with van der Waals surface area (Å²) in [5.41, 5.74) is 1.54. The Morgan fingerprint density at radius 1 is 1.33 bits per heavy atom. The van der Waals surface area contributed by atoms with Crippen LogP contribution >= 0.6 is 0 Å². The topological polar surface area (TPSA) is 91.8 Å². The minimum absolute atomic E-state index is 0.218. The molecule has 112 valence electrons. The standard InChI is InChI=1S/C14H15NO5S/c1-9-4-6-11(8-10(9)5-7-12(16)17)15-13(18)14(2,3)21(15,19)20/h4-8H,1-3H3,(H,16,17). The first-order chi connectivity index (χ1) is 9.59. The van der Waals surface area contributed by atoms with Crippen molar-refractivity contribution in [2.75, 3.05) is 4.31 Å². The number of amides is 1. The highest BCUT2D eigenvalue weighted by Gasteiger charge is 2.60. The lowest BCUT2D eigenvalue weighted by atomic mass is 10.1. The number of carbonyl (C=O) groups excluding carboxylic acids is 1. The van der Waals surface area contributed by atoms with Gasteiger partial charge < -0.3 is 5.11 Å². The molecule has 1 saturated heterocycles. The number of aryl methyl sites for hydroxylation is 1. The normalized spacial score (nSPS) is 19.6. The Labute approximate surface area is 122 Å². The van der Waals surface area contributed by atoms with Crippen LogP contribution in [0.4, 0.5) is 5.69 Å². The molecule has 21 heavy (non-hydrogen) atoms. The summed E-state index contributed by atoms with van der Waals surface area (Å²) in [6, 6.07) is 4.66. The molecule has 1 fully saturated rings. The Morgan fingerprint density at radius 3 is 2.48 bits per heavy atom. The van der Waals surface area contributed by atoms with Gasteiger partial charge in [-0.1, -0.05) is 6.07 Å². The average molecular weight is 309 g/mol. The highest BCUT2D eigenvalue weighted by molar-refractivity contribution is 7.98. The van der Waals surface area contributed by atoms with E-state index < -0.39 is 26.6 Å². The fraction of sp³-hybridized carbons (Fsp3) is 0.286. The quantitative estimate of drug-likeness (QED) is 0.855. The average Bonchev–Trinajstić information content (AvgIpc) is 2.38. The molecule has 1 N–H and O–H groups in total. The van der Waals surface area contributed by atoms with Crippen LogP contribution in [0, 0.1) is 6.92 Å². The lowest BCUT2D eigenvalue weighted by Crippen LogP contribution is -2.67. The molecule has 0 bridgehead atoms. The van der Waals surface area contributed by atoms with Gasteiger partial charge in [0.15, 0.2) is 4.75 Å². The summed E-state index contributed by atoms with van der Waals surface area (Å²) < 4.78 is 23.6. The molecular formula is C14H15NO5S. The number of hydrogen-bond donors (Lipinski definition) is 1. The number of nitrogens with zero attached hydrogens (tertiary/aromatic N) is 1. The smallest absolute Gasteiger partial charge is 0.328 e. The second-order valence-corrected chi connectivity index (χ2v) is 7.63. The van der Waals surface area contributed by atoms with Gasteiger partial charge in [-0.05, 0) is 50.1 Å². The van der Waals surface area contributed by atoms with Crippen LogP contribution in [0.15, 0.2) is 24.3 Å². The van der Waals surface area contributed by atoms with E-state index in [9.17, 15) is 18.0 Å². The van der Waals surface area contributed by atoms with Crippen LogP contribution in [0.25, 0.3) is 6.08 Å². The first-order valence-corrected chi connectivity index (χ1v) is 7.64. The number of benzene rings is 1. The first-order valence-electron chi connectivity index (χ1n) is 6.20. The van der Waals surface area contributed by atoms with Gasteiger partial charge in [0.1, 0.15) is 0 Å². The van der Waals surface area contributed by atoms with Crippen LogP contribution in [-0.4, -0.2) is 30.1 Å². The lowest BCUT2D eigenvalue weighted by molar-refractivity contribution is -0.131. The summed E-state index contributed by atoms with van der Waals surface area (Å²) in [4.78, 5) is 22.6. The number of anilines is 1. The monoisotopic (exact) mass is 309 g/mol. The van der Waals surface area contributed by atoms with Gasteiger partial charge in [0, 0.05) is 6.08 Å². The number of carbonyl (C=O) groups is 2. The Bertz CT molecular complexity index is 762. The molecule has 0 atom stereocenters. The maximum Gasteiger partial charge on any atom is 0.328 e. The van der Waals surface area contributed by atoms with Gasteiger partial charge >= 0.3 is 5.97 Å². The summed E-state index contributed by atoms with van der Waals surface area (Å²) in [5, 5.41) is 8.65. The summed E-state index contributed by atoms with van der Waals surface area (Å²) in [7, 11) is -3.72. The number of hydrogen-bond acceptors (Lipinski definition) is 4. The van der Waals surface area contributed by atoms with Crippen LogP contribution in [0.5, 0.6) is 0 Å². The molecule has 0 saturated carbocycles. The SMILES string of the molecule is Cc1ccc(N2C(=O)C(C)(C)S2(=O)=O)cc1C=CC(=O)O. The van der Waals surface area contributed by atoms with Crippen LogP contribution < -0.4 is 4.31 Å². The van der Waals surface area contributed by atoms with Crippen molar-refractivity contribution in [1.82, 2.24) is 0 Å². The van der Waals surface area contributed by atoms with E-state index in [1.807, 2.05) is 0 Å². The van der Waals surface area contributed by atoms with E-state index in [2.05, 4.69) is 0 Å². The molecule has 1 amide bonds. The maximum absolute atomic E-state index is 12.1. The van der Waals surface area contributed by atoms with E-state index in [1.165, 1.54) is 32.1 Å². The van der Waals surface area contributed by atoms with Crippen LogP contribution in [0.2, 0.25) is 0 Å². The number of aliphatic carboxylic acids is 1. The lowest BCUT2D eigenvalue weighted by Gasteiger charge is -2.42. The fourth-order valence-corrected chi connectivity index (χ4v) is 3.48. The zero-order valence-corrected chi connectivity index (χ0v) is 12.6. The van der Waals surface area contributed by atoms with Gasteiger partial charge in [-0.25, -0.2) is 17.5 Å². The van der Waals surface area contributed by atoms with Crippen molar-refractivity contribution in [2.24, 2.45) is 0 Å². The van der Waals surface area contributed by atoms with Crippen molar-refractivity contribution in [3.05, 3.63) is 35.4 Å². The van der Waals surface area contributed by atoms with E-state index in [1.54, 1.807) is 13.0 Å². The number of rotatable bonds is 3. The van der Waals surface area contributed by atoms with Crippen molar-refractivity contribution in [3.63, 3.8) is 0 Å². The Hall–Kier alpha value is -2.15. The molecule has 0 radical (unpaired) electrons. The van der Waals surface area contributed by atoms with Gasteiger partial charge in [-0.3, -0.25) is 4.79 Å². The number of carboxylic acids is 1. The van der Waals surface area contributed by atoms with E-state index in [0.717, 1.165) is 15.9 Å². The van der Waals surface area contributed by atoms with Crippen LogP contribution in [0.1, 0.15) is 25.0 Å². The van der Waals surface area contributed by atoms with Crippen molar-refractivity contribution in [3.8, 4) is 0 Å². The Balaban J connectivity index is 2.46. The molecule has 6 nitrogen and oxygen atoms in total. The third kappa shape index (κ3) is 2.23. The minimum atomic E-state index is -3.72. The second-order valence-electron chi connectivity index (χ2n) is 5.30. The van der Waals surface area contributed by atoms with Gasteiger partial charge in [0.2, 0.25) is 0 Å². The van der Waals surface area contributed by atoms with Gasteiger partial charge in [0.25, 0.3) is 15.9 Å². The van der Waals surface area contributed by atoms with Gasteiger partial charge in [-0.15, -0.1) is 0 Å². The first kappa shape index (κ1) is 15.2. The molecule has 0 spiro atoms. The Kier molecular flexibility index (Phi) is 3.41. The molecule has 2 rings (SSSR count). The largest absolute Gasteiger partial charge is 0.478 e. The zero-order chi connectivity index (χ0) is 16.0. The molecular weight excluding hydrogens is 294 g/mol. The highest BCUT2D eigenvalue weighted by atomic mass is 32.2. The minimum Gasteiger partial charge on any atom is -0.478 e. The van der Waals surface area contributed by atoms with E-state index in [4.69, 9.17) is 5.11 Å². The van der Waals surface area contributed by atoms with Crippen LogP contribution in [-0.2, 0) is 19.6 Å². The molecule has 1 heterocycles. The molecule has 1 aromatic carbocycles. The predicted octanol–water partition coefficient (Wildman–Crippen LogP) is 1.55. The van der Waals surface area contributed by atoms with E-state index >= 15 is 0 Å². The summed E-state index contributed by atoms with van der Waals surface area (Å²) in [5.74, 6) is -1.60. The van der Waals surface area contributed by atoms with Crippen LogP contribution in [0.3, 0.4) is 0 Å². The molecule has 0 unspecified atom stereocenters. The van der Waals surface area contributed by atoms with Gasteiger partial charge in [-0.2, -0.15) is 0 Å². The Morgan fingerprint density at radius 2 is 1.95 bits per heavy atom. The zero-order valence-electron chi connectivity index (χ0n) is 11.8. The fourth-order valence-electron chi connectivity index (χ4n) is 2.00. The maximum atomic E-state index is 12.1. The van der Waals surface area contributed by atoms with Crippen molar-refractivity contribution >= 4 is 33.7 Å². The molecule has 7 heteroatoms. The van der Waals surface area contributed by atoms with Crippen molar-refractivity contribution in [2.45, 2.75) is 25.5 Å². The van der Waals surface area contributed by atoms with Crippen molar-refractivity contribution < 1.29 is 23.1 Å². The third-order valence-electron chi connectivity index (χ3n) is 3.49. The van der Waals surface area contributed by atoms with E-state index in [0.29, 0.717) is 5.56 Å². The number of sulfonamides is 1. The molecule has 0 aromatic heterocycles. The predicted molar refractivity (Wildman–Crippen MR) is 78.3 cm³/mol. The summed E-state index contributed by atoms with van der Waals surface area (Å²) in [6.45, 7) is 4.49. The molecule has 1 aliphatic rings. The number of carboxylic acid groups (broad SMARTS) is 1. The summed E-state index contributed by atoms with van der Waals surface area (Å²) in [6.07, 6.45) is 2.33. The third-order valence-corrected chi connectivity index (χ3v) is 5.81. The second kappa shape index (κ2) is 4.70. The molecule has 1 aliphatic heterocycles. The molecule has 1 aromatic rings. The summed E-state index contributed by atoms with van der Waals surface area (Å²) >= 11 is 0. The van der Waals surface area contributed by atoms with Crippen molar-refractivity contribution in [1.29, 1.82) is 0 Å². The molecule has 0 aliphatic carbocycles. The van der Waals surface area contributed by atoms with E-state index in [-0.39, 0.29) is 5.69 Å². The van der Waals surface area contributed by atoms with Gasteiger partial charge in [0.05, 0.1) is 5.69 Å². The highest BCUT2D eigenvalue weighted by Crippen LogP contribution is 2.39.